The molecule has 1 saturated heterocycles. The van der Waals surface area contributed by atoms with E-state index in [1.54, 1.807) is 6.20 Å². The van der Waals surface area contributed by atoms with Gasteiger partial charge < -0.3 is 10.0 Å². The van der Waals surface area contributed by atoms with Crippen LogP contribution in [-0.2, 0) is 0 Å². The SMILES string of the molecule is OCC1CCCCN1c1ncc(Br)cc1F. The number of aromatic nitrogens is 1. The predicted molar refractivity (Wildman–Crippen MR) is 64.0 cm³/mol. The Morgan fingerprint density at radius 1 is 1.56 bits per heavy atom. The lowest BCUT2D eigenvalue weighted by Gasteiger charge is -2.35. The molecule has 0 amide bonds. The van der Waals surface area contributed by atoms with Crippen molar-refractivity contribution in [3.05, 3.63) is 22.6 Å². The van der Waals surface area contributed by atoms with E-state index >= 15 is 0 Å². The molecule has 2 rings (SSSR count). The Hall–Kier alpha value is -0.680. The van der Waals surface area contributed by atoms with Crippen LogP contribution in [0.1, 0.15) is 19.3 Å². The predicted octanol–water partition coefficient (Wildman–Crippen LogP) is 2.33. The van der Waals surface area contributed by atoms with Gasteiger partial charge in [0.05, 0.1) is 12.6 Å². The van der Waals surface area contributed by atoms with Gasteiger partial charge in [-0.05, 0) is 41.3 Å². The van der Waals surface area contributed by atoms with Crippen LogP contribution in [0.4, 0.5) is 10.2 Å². The smallest absolute Gasteiger partial charge is 0.166 e. The Morgan fingerprint density at radius 2 is 2.38 bits per heavy atom. The molecule has 0 spiro atoms. The van der Waals surface area contributed by atoms with Gasteiger partial charge in [-0.25, -0.2) is 9.37 Å². The number of nitrogens with zero attached hydrogens (tertiary/aromatic N) is 2. The molecule has 0 radical (unpaired) electrons. The quantitative estimate of drug-likeness (QED) is 0.908. The van der Waals surface area contributed by atoms with Gasteiger partial charge in [0, 0.05) is 17.2 Å². The summed E-state index contributed by atoms with van der Waals surface area (Å²) >= 11 is 3.18. The van der Waals surface area contributed by atoms with Crippen molar-refractivity contribution >= 4 is 21.7 Å². The Morgan fingerprint density at radius 3 is 3.06 bits per heavy atom. The first-order valence-electron chi connectivity index (χ1n) is 5.41. The molecule has 1 aromatic rings. The molecule has 0 saturated carbocycles. The molecule has 2 heterocycles. The zero-order valence-electron chi connectivity index (χ0n) is 8.87. The highest BCUT2D eigenvalue weighted by Crippen LogP contribution is 2.26. The summed E-state index contributed by atoms with van der Waals surface area (Å²) in [5, 5.41) is 9.27. The standard InChI is InChI=1S/C11H14BrFN2O/c12-8-5-10(13)11(14-6-8)15-4-2-1-3-9(15)7-16/h5-6,9,16H,1-4,7H2. The zero-order valence-corrected chi connectivity index (χ0v) is 10.5. The van der Waals surface area contributed by atoms with Gasteiger partial charge in [0.1, 0.15) is 0 Å². The summed E-state index contributed by atoms with van der Waals surface area (Å²) in [6.45, 7) is 0.813. The highest BCUT2D eigenvalue weighted by molar-refractivity contribution is 9.10. The first-order valence-corrected chi connectivity index (χ1v) is 6.20. The van der Waals surface area contributed by atoms with Gasteiger partial charge >= 0.3 is 0 Å². The van der Waals surface area contributed by atoms with Crippen molar-refractivity contribution in [1.82, 2.24) is 4.98 Å². The minimum absolute atomic E-state index is 0.00285. The topological polar surface area (TPSA) is 36.4 Å². The molecule has 1 N–H and O–H groups in total. The lowest BCUT2D eigenvalue weighted by atomic mass is 10.0. The minimum Gasteiger partial charge on any atom is -0.394 e. The highest BCUT2D eigenvalue weighted by atomic mass is 79.9. The summed E-state index contributed by atoms with van der Waals surface area (Å²) in [5.74, 6) is 0.0108. The van der Waals surface area contributed by atoms with E-state index in [4.69, 9.17) is 0 Å². The number of aliphatic hydroxyl groups is 1. The average Bonchev–Trinajstić information content (AvgIpc) is 2.29. The largest absolute Gasteiger partial charge is 0.394 e. The molecule has 1 atom stereocenters. The summed E-state index contributed by atoms with van der Waals surface area (Å²) in [5.41, 5.74) is 0. The lowest BCUT2D eigenvalue weighted by Crippen LogP contribution is -2.42. The van der Waals surface area contributed by atoms with Crippen LogP contribution in [0.2, 0.25) is 0 Å². The molecular weight excluding hydrogens is 275 g/mol. The third kappa shape index (κ3) is 2.35. The van der Waals surface area contributed by atoms with Crippen LogP contribution in [0.15, 0.2) is 16.7 Å². The maximum Gasteiger partial charge on any atom is 0.166 e. The first kappa shape index (κ1) is 11.8. The minimum atomic E-state index is -0.338. The lowest BCUT2D eigenvalue weighted by molar-refractivity contribution is 0.238. The number of aliphatic hydroxyl groups excluding tert-OH is 1. The average molecular weight is 289 g/mol. The summed E-state index contributed by atoms with van der Waals surface area (Å²) in [6, 6.07) is 1.41. The summed E-state index contributed by atoms with van der Waals surface area (Å²) in [4.78, 5) is 5.96. The fraction of sp³-hybridized carbons (Fsp3) is 0.545. The monoisotopic (exact) mass is 288 g/mol. The normalized spacial score (nSPS) is 21.2. The van der Waals surface area contributed by atoms with Crippen molar-refractivity contribution in [1.29, 1.82) is 0 Å². The van der Waals surface area contributed by atoms with Gasteiger partial charge in [0.25, 0.3) is 0 Å². The molecule has 1 unspecified atom stereocenters. The number of pyridine rings is 1. The molecule has 0 aromatic carbocycles. The van der Waals surface area contributed by atoms with Crippen molar-refractivity contribution in [2.24, 2.45) is 0 Å². The number of anilines is 1. The van der Waals surface area contributed by atoms with E-state index < -0.39 is 0 Å². The molecule has 0 bridgehead atoms. The third-order valence-corrected chi connectivity index (χ3v) is 3.33. The van der Waals surface area contributed by atoms with Crippen LogP contribution >= 0.6 is 15.9 Å². The molecule has 0 aliphatic carbocycles. The van der Waals surface area contributed by atoms with Crippen LogP contribution in [0.5, 0.6) is 0 Å². The molecule has 16 heavy (non-hydrogen) atoms. The Kier molecular flexibility index (Phi) is 3.76. The van der Waals surface area contributed by atoms with E-state index in [0.29, 0.717) is 10.3 Å². The maximum atomic E-state index is 13.7. The summed E-state index contributed by atoms with van der Waals surface area (Å²) < 4.78 is 14.4. The van der Waals surface area contributed by atoms with Crippen LogP contribution < -0.4 is 4.90 Å². The van der Waals surface area contributed by atoms with Gasteiger partial charge in [-0.3, -0.25) is 0 Å². The van der Waals surface area contributed by atoms with E-state index in [1.165, 1.54) is 6.07 Å². The van der Waals surface area contributed by atoms with Gasteiger partial charge in [-0.1, -0.05) is 0 Å². The third-order valence-electron chi connectivity index (χ3n) is 2.90. The van der Waals surface area contributed by atoms with E-state index in [-0.39, 0.29) is 18.5 Å². The molecule has 1 aliphatic rings. The van der Waals surface area contributed by atoms with Crippen LogP contribution in [-0.4, -0.2) is 29.3 Å². The van der Waals surface area contributed by atoms with E-state index in [1.807, 2.05) is 4.90 Å². The van der Waals surface area contributed by atoms with Crippen LogP contribution in [0.25, 0.3) is 0 Å². The maximum absolute atomic E-state index is 13.7. The van der Waals surface area contributed by atoms with Crippen LogP contribution in [0, 0.1) is 5.82 Å². The first-order chi connectivity index (χ1) is 7.72. The molecule has 88 valence electrons. The van der Waals surface area contributed by atoms with E-state index in [9.17, 15) is 9.50 Å². The second-order valence-electron chi connectivity index (χ2n) is 3.98. The van der Waals surface area contributed by atoms with Gasteiger partial charge in [0.15, 0.2) is 11.6 Å². The number of hydrogen-bond acceptors (Lipinski definition) is 3. The molecule has 3 nitrogen and oxygen atoms in total. The molecule has 5 heteroatoms. The summed E-state index contributed by atoms with van der Waals surface area (Å²) in [6.07, 6.45) is 4.59. The second-order valence-corrected chi connectivity index (χ2v) is 4.90. The number of halogens is 2. The van der Waals surface area contributed by atoms with Gasteiger partial charge in [-0.15, -0.1) is 0 Å². The van der Waals surface area contributed by atoms with Crippen molar-refractivity contribution in [2.75, 3.05) is 18.1 Å². The zero-order chi connectivity index (χ0) is 11.5. The van der Waals surface area contributed by atoms with Crippen molar-refractivity contribution in [3.8, 4) is 0 Å². The van der Waals surface area contributed by atoms with E-state index in [2.05, 4.69) is 20.9 Å². The van der Waals surface area contributed by atoms with Crippen molar-refractivity contribution in [3.63, 3.8) is 0 Å². The number of piperidine rings is 1. The van der Waals surface area contributed by atoms with Crippen molar-refractivity contribution < 1.29 is 9.50 Å². The fourth-order valence-corrected chi connectivity index (χ4v) is 2.39. The molecule has 1 fully saturated rings. The molecular formula is C11H14BrFN2O. The van der Waals surface area contributed by atoms with Gasteiger partial charge in [0.2, 0.25) is 0 Å². The Labute approximate surface area is 102 Å². The van der Waals surface area contributed by atoms with Crippen molar-refractivity contribution in [2.45, 2.75) is 25.3 Å². The molecule has 1 aliphatic heterocycles. The Balaban J connectivity index is 2.27. The van der Waals surface area contributed by atoms with Crippen LogP contribution in [0.3, 0.4) is 0 Å². The second kappa shape index (κ2) is 5.10. The van der Waals surface area contributed by atoms with Gasteiger partial charge in [-0.2, -0.15) is 0 Å². The number of hydrogen-bond donors (Lipinski definition) is 1. The Bertz CT molecular complexity index is 375. The van der Waals surface area contributed by atoms with E-state index in [0.717, 1.165) is 25.8 Å². The fourth-order valence-electron chi connectivity index (χ4n) is 2.09. The molecule has 1 aromatic heterocycles. The number of rotatable bonds is 2. The highest BCUT2D eigenvalue weighted by Gasteiger charge is 2.25. The summed E-state index contributed by atoms with van der Waals surface area (Å²) in [7, 11) is 0.